The topological polar surface area (TPSA) is 9.23 Å². The highest BCUT2D eigenvalue weighted by Gasteiger charge is 1.93. The highest BCUT2D eigenvalue weighted by Crippen LogP contribution is 2.12. The lowest BCUT2D eigenvalue weighted by atomic mass is 10.2. The Kier molecular flexibility index (Phi) is 5.96. The number of benzene rings is 1. The molecule has 1 aromatic rings. The van der Waals surface area contributed by atoms with Gasteiger partial charge in [-0.2, -0.15) is 0 Å². The fraction of sp³-hybridized carbons (Fsp3) is 0.385. The predicted octanol–water partition coefficient (Wildman–Crippen LogP) is 3.61. The number of hydrogen-bond acceptors (Lipinski definition) is 1. The Morgan fingerprint density at radius 2 is 2.27 bits per heavy atom. The van der Waals surface area contributed by atoms with Gasteiger partial charge >= 0.3 is 0 Å². The Morgan fingerprint density at radius 3 is 3.00 bits per heavy atom. The van der Waals surface area contributed by atoms with Crippen LogP contribution in [0.15, 0.2) is 24.3 Å². The third kappa shape index (κ3) is 4.90. The van der Waals surface area contributed by atoms with Gasteiger partial charge in [0.1, 0.15) is 5.75 Å². The normalized spacial score (nSPS) is 9.20. The van der Waals surface area contributed by atoms with Gasteiger partial charge in [0.15, 0.2) is 0 Å². The lowest BCUT2D eigenvalue weighted by Crippen LogP contribution is -1.94. The van der Waals surface area contributed by atoms with Crippen LogP contribution in [0.2, 0.25) is 0 Å². The van der Waals surface area contributed by atoms with E-state index in [9.17, 15) is 0 Å². The standard InChI is InChI=1S/C13H15BrO/c1-2-10-15-13-8-5-7-12(11-13)6-3-4-9-14/h5,7-8,11H,2,4,9-10H2,1H3. The highest BCUT2D eigenvalue weighted by atomic mass is 79.9. The van der Waals surface area contributed by atoms with E-state index in [4.69, 9.17) is 4.74 Å². The van der Waals surface area contributed by atoms with E-state index in [1.54, 1.807) is 0 Å². The maximum atomic E-state index is 5.53. The van der Waals surface area contributed by atoms with E-state index in [2.05, 4.69) is 34.7 Å². The van der Waals surface area contributed by atoms with Crippen LogP contribution in [0.4, 0.5) is 0 Å². The molecule has 0 unspecified atom stereocenters. The Hall–Kier alpha value is -0.940. The summed E-state index contributed by atoms with van der Waals surface area (Å²) >= 11 is 3.34. The van der Waals surface area contributed by atoms with Crippen molar-refractivity contribution < 1.29 is 4.74 Å². The van der Waals surface area contributed by atoms with Crippen LogP contribution in [0, 0.1) is 11.8 Å². The van der Waals surface area contributed by atoms with E-state index in [1.165, 1.54) is 0 Å². The van der Waals surface area contributed by atoms with Crippen LogP contribution in [0.3, 0.4) is 0 Å². The molecule has 0 fully saturated rings. The van der Waals surface area contributed by atoms with E-state index < -0.39 is 0 Å². The summed E-state index contributed by atoms with van der Waals surface area (Å²) in [4.78, 5) is 0. The number of alkyl halides is 1. The third-order valence-corrected chi connectivity index (χ3v) is 2.16. The average Bonchev–Trinajstić information content (AvgIpc) is 2.27. The van der Waals surface area contributed by atoms with Crippen LogP contribution in [0.1, 0.15) is 25.3 Å². The first-order chi connectivity index (χ1) is 7.36. The fourth-order valence-electron chi connectivity index (χ4n) is 1.10. The number of ether oxygens (including phenoxy) is 1. The summed E-state index contributed by atoms with van der Waals surface area (Å²) in [6.07, 6.45) is 1.90. The van der Waals surface area contributed by atoms with Gasteiger partial charge < -0.3 is 4.74 Å². The molecule has 0 spiro atoms. The molecule has 2 heteroatoms. The van der Waals surface area contributed by atoms with Crippen LogP contribution in [-0.2, 0) is 0 Å². The number of rotatable bonds is 4. The first-order valence-electron chi connectivity index (χ1n) is 5.14. The molecule has 0 saturated heterocycles. The Balaban J connectivity index is 2.62. The molecule has 0 aromatic heterocycles. The molecule has 0 N–H and O–H groups in total. The molecule has 0 radical (unpaired) electrons. The van der Waals surface area contributed by atoms with Gasteiger partial charge in [0, 0.05) is 17.3 Å². The van der Waals surface area contributed by atoms with Crippen molar-refractivity contribution in [3.8, 4) is 17.6 Å². The Labute approximate surface area is 100.0 Å². The van der Waals surface area contributed by atoms with E-state index in [-0.39, 0.29) is 0 Å². The van der Waals surface area contributed by atoms with Gasteiger partial charge in [0.25, 0.3) is 0 Å². The monoisotopic (exact) mass is 266 g/mol. The molecule has 1 aromatic carbocycles. The minimum Gasteiger partial charge on any atom is -0.494 e. The van der Waals surface area contributed by atoms with Crippen molar-refractivity contribution in [1.82, 2.24) is 0 Å². The summed E-state index contributed by atoms with van der Waals surface area (Å²) < 4.78 is 5.53. The lowest BCUT2D eigenvalue weighted by Gasteiger charge is -2.03. The number of halogens is 1. The van der Waals surface area contributed by atoms with Crippen molar-refractivity contribution in [3.63, 3.8) is 0 Å². The van der Waals surface area contributed by atoms with E-state index >= 15 is 0 Å². The van der Waals surface area contributed by atoms with Crippen LogP contribution < -0.4 is 4.74 Å². The summed E-state index contributed by atoms with van der Waals surface area (Å²) in [5.74, 6) is 7.09. The molecule has 0 heterocycles. The maximum Gasteiger partial charge on any atom is 0.120 e. The van der Waals surface area contributed by atoms with E-state index in [1.807, 2.05) is 24.3 Å². The zero-order chi connectivity index (χ0) is 10.9. The summed E-state index contributed by atoms with van der Waals surface area (Å²) in [7, 11) is 0. The van der Waals surface area contributed by atoms with Crippen LogP contribution in [0.5, 0.6) is 5.75 Å². The van der Waals surface area contributed by atoms with Crippen molar-refractivity contribution in [2.75, 3.05) is 11.9 Å². The molecule has 0 atom stereocenters. The summed E-state index contributed by atoms with van der Waals surface area (Å²) in [6.45, 7) is 2.86. The predicted molar refractivity (Wildman–Crippen MR) is 67.5 cm³/mol. The minimum absolute atomic E-state index is 0.762. The minimum atomic E-state index is 0.762. The molecule has 0 saturated carbocycles. The highest BCUT2D eigenvalue weighted by molar-refractivity contribution is 9.09. The molecule has 0 aliphatic rings. The van der Waals surface area contributed by atoms with E-state index in [0.29, 0.717) is 0 Å². The van der Waals surface area contributed by atoms with Crippen LogP contribution in [0.25, 0.3) is 0 Å². The van der Waals surface area contributed by atoms with Gasteiger partial charge in [-0.05, 0) is 24.6 Å². The van der Waals surface area contributed by atoms with Crippen LogP contribution >= 0.6 is 15.9 Å². The SMILES string of the molecule is CCCOc1cccc(C#CCCBr)c1. The third-order valence-electron chi connectivity index (χ3n) is 1.76. The van der Waals surface area contributed by atoms with Crippen molar-refractivity contribution in [2.45, 2.75) is 19.8 Å². The summed E-state index contributed by atoms with van der Waals surface area (Å²) in [5.41, 5.74) is 1.02. The quantitative estimate of drug-likeness (QED) is 0.598. The van der Waals surface area contributed by atoms with Crippen LogP contribution in [-0.4, -0.2) is 11.9 Å². The Bertz CT molecular complexity index is 349. The zero-order valence-electron chi connectivity index (χ0n) is 8.92. The molecule has 15 heavy (non-hydrogen) atoms. The number of hydrogen-bond donors (Lipinski definition) is 0. The van der Waals surface area contributed by atoms with Crippen molar-refractivity contribution in [2.24, 2.45) is 0 Å². The second-order valence-electron chi connectivity index (χ2n) is 3.12. The molecule has 1 nitrogen and oxygen atoms in total. The molecule has 0 bridgehead atoms. The van der Waals surface area contributed by atoms with Gasteiger partial charge in [-0.3, -0.25) is 0 Å². The van der Waals surface area contributed by atoms with Gasteiger partial charge in [-0.15, -0.1) is 0 Å². The summed E-state index contributed by atoms with van der Waals surface area (Å²) in [5, 5.41) is 0.923. The summed E-state index contributed by atoms with van der Waals surface area (Å²) in [6, 6.07) is 7.92. The van der Waals surface area contributed by atoms with Gasteiger partial charge in [-0.1, -0.05) is 40.8 Å². The van der Waals surface area contributed by atoms with Gasteiger partial charge in [0.05, 0.1) is 6.61 Å². The second kappa shape index (κ2) is 7.36. The average molecular weight is 267 g/mol. The maximum absolute atomic E-state index is 5.53. The lowest BCUT2D eigenvalue weighted by molar-refractivity contribution is 0.317. The van der Waals surface area contributed by atoms with Gasteiger partial charge in [0.2, 0.25) is 0 Å². The molecule has 0 amide bonds. The Morgan fingerprint density at radius 1 is 1.40 bits per heavy atom. The smallest absolute Gasteiger partial charge is 0.120 e. The van der Waals surface area contributed by atoms with E-state index in [0.717, 1.165) is 36.1 Å². The molecule has 0 aliphatic heterocycles. The molecular weight excluding hydrogens is 252 g/mol. The van der Waals surface area contributed by atoms with Crippen molar-refractivity contribution in [1.29, 1.82) is 0 Å². The molecule has 1 rings (SSSR count). The molecular formula is C13H15BrO. The first kappa shape index (κ1) is 12.1. The first-order valence-corrected chi connectivity index (χ1v) is 6.26. The van der Waals surface area contributed by atoms with Crippen molar-refractivity contribution in [3.05, 3.63) is 29.8 Å². The fourth-order valence-corrected chi connectivity index (χ4v) is 1.29. The van der Waals surface area contributed by atoms with Crippen molar-refractivity contribution >= 4 is 15.9 Å². The second-order valence-corrected chi connectivity index (χ2v) is 3.91. The molecule has 80 valence electrons. The van der Waals surface area contributed by atoms with Gasteiger partial charge in [-0.25, -0.2) is 0 Å². The zero-order valence-corrected chi connectivity index (χ0v) is 10.5. The largest absolute Gasteiger partial charge is 0.494 e. The molecule has 0 aliphatic carbocycles.